The molecule has 3 saturated heterocycles. The van der Waals surface area contributed by atoms with Crippen LogP contribution >= 0.6 is 12.2 Å². The van der Waals surface area contributed by atoms with Crippen LogP contribution in [0.25, 0.3) is 0 Å². The first kappa shape index (κ1) is 15.6. The normalized spacial score (nSPS) is 43.8. The van der Waals surface area contributed by atoms with Crippen LogP contribution < -0.4 is 0 Å². The molecule has 0 aromatic rings. The lowest BCUT2D eigenvalue weighted by Gasteiger charge is -2.28. The topological polar surface area (TPSA) is 55.4 Å². The van der Waals surface area contributed by atoms with Crippen LogP contribution in [0.3, 0.4) is 0 Å². The summed E-state index contributed by atoms with van der Waals surface area (Å²) >= 11 is 5.35. The number of fused-ring (bicyclic) bond motifs is 1. The number of thiocarbonyl (C=S) groups is 1. The van der Waals surface area contributed by atoms with Gasteiger partial charge in [-0.2, -0.15) is 0 Å². The van der Waals surface area contributed by atoms with Gasteiger partial charge in [0.25, 0.3) is 0 Å². The molecular formula is C14H22O6S. The minimum absolute atomic E-state index is 0.223. The average molecular weight is 318 g/mol. The summed E-state index contributed by atoms with van der Waals surface area (Å²) in [5.41, 5.74) is 0. The zero-order valence-corrected chi connectivity index (χ0v) is 13.8. The molecule has 120 valence electrons. The van der Waals surface area contributed by atoms with Gasteiger partial charge in [0, 0.05) is 0 Å². The Morgan fingerprint density at radius 2 is 1.76 bits per heavy atom. The van der Waals surface area contributed by atoms with Crippen molar-refractivity contribution in [3.05, 3.63) is 0 Å². The van der Waals surface area contributed by atoms with E-state index in [1.54, 1.807) is 7.11 Å². The zero-order valence-electron chi connectivity index (χ0n) is 13.0. The van der Waals surface area contributed by atoms with E-state index in [0.29, 0.717) is 11.7 Å². The van der Waals surface area contributed by atoms with Crippen molar-refractivity contribution in [3.8, 4) is 0 Å². The first-order valence-electron chi connectivity index (χ1n) is 7.13. The highest BCUT2D eigenvalue weighted by Crippen LogP contribution is 2.44. The van der Waals surface area contributed by atoms with Crippen LogP contribution in [-0.2, 0) is 28.4 Å². The van der Waals surface area contributed by atoms with Crippen LogP contribution in [0.4, 0.5) is 0 Å². The van der Waals surface area contributed by atoms with Gasteiger partial charge < -0.3 is 28.4 Å². The summed E-state index contributed by atoms with van der Waals surface area (Å²) in [6.45, 7) is 7.91. The maximum absolute atomic E-state index is 6.01. The number of methoxy groups -OCH3 is 1. The molecule has 3 fully saturated rings. The standard InChI is InChI=1S/C14H22O6S/c1-13(2)16-6-7(18-13)9-8(12(21)15-5)10-11(17-9)20-14(3,4)19-10/h7-11H,6H2,1-5H3/t7-,8+,9+,10+,11?/m0/s1. The molecule has 0 aromatic heterocycles. The lowest BCUT2D eigenvalue weighted by atomic mass is 9.95. The Kier molecular flexibility index (Phi) is 3.79. The third-order valence-electron chi connectivity index (χ3n) is 3.96. The van der Waals surface area contributed by atoms with Crippen molar-refractivity contribution < 1.29 is 28.4 Å². The van der Waals surface area contributed by atoms with Crippen molar-refractivity contribution >= 4 is 17.3 Å². The van der Waals surface area contributed by atoms with E-state index < -0.39 is 17.9 Å². The Labute approximate surface area is 130 Å². The van der Waals surface area contributed by atoms with E-state index in [1.807, 2.05) is 27.7 Å². The molecule has 1 unspecified atom stereocenters. The lowest BCUT2D eigenvalue weighted by Crippen LogP contribution is -2.42. The van der Waals surface area contributed by atoms with Crippen molar-refractivity contribution in [2.24, 2.45) is 5.92 Å². The van der Waals surface area contributed by atoms with E-state index in [-0.39, 0.29) is 24.2 Å². The second kappa shape index (κ2) is 5.11. The highest BCUT2D eigenvalue weighted by molar-refractivity contribution is 7.80. The highest BCUT2D eigenvalue weighted by Gasteiger charge is 2.59. The molecule has 3 aliphatic rings. The van der Waals surface area contributed by atoms with Gasteiger partial charge in [-0.25, -0.2) is 0 Å². The quantitative estimate of drug-likeness (QED) is 0.717. The van der Waals surface area contributed by atoms with Crippen LogP contribution in [0.5, 0.6) is 0 Å². The minimum atomic E-state index is -0.686. The summed E-state index contributed by atoms with van der Waals surface area (Å²) < 4.78 is 34.5. The fourth-order valence-corrected chi connectivity index (χ4v) is 3.40. The van der Waals surface area contributed by atoms with Crippen LogP contribution in [0.1, 0.15) is 27.7 Å². The smallest absolute Gasteiger partial charge is 0.188 e. The van der Waals surface area contributed by atoms with Crippen molar-refractivity contribution in [1.29, 1.82) is 0 Å². The van der Waals surface area contributed by atoms with Crippen molar-refractivity contribution in [3.63, 3.8) is 0 Å². The molecule has 3 heterocycles. The minimum Gasteiger partial charge on any atom is -0.490 e. The van der Waals surface area contributed by atoms with E-state index in [2.05, 4.69) is 0 Å². The highest BCUT2D eigenvalue weighted by atomic mass is 32.1. The molecular weight excluding hydrogens is 296 g/mol. The summed E-state index contributed by atoms with van der Waals surface area (Å²) in [6.07, 6.45) is -1.27. The van der Waals surface area contributed by atoms with Gasteiger partial charge in [-0.1, -0.05) is 0 Å². The Balaban J connectivity index is 1.80. The molecule has 7 heteroatoms. The number of rotatable bonds is 2. The molecule has 3 aliphatic heterocycles. The van der Waals surface area contributed by atoms with E-state index >= 15 is 0 Å². The molecule has 0 spiro atoms. The molecule has 0 radical (unpaired) electrons. The molecule has 0 aromatic carbocycles. The summed E-state index contributed by atoms with van der Waals surface area (Å²) in [5, 5.41) is 0.446. The second-order valence-electron chi connectivity index (χ2n) is 6.49. The summed E-state index contributed by atoms with van der Waals surface area (Å²) in [6, 6.07) is 0. The maximum atomic E-state index is 6.01. The van der Waals surface area contributed by atoms with Crippen molar-refractivity contribution in [2.45, 2.75) is 63.9 Å². The van der Waals surface area contributed by atoms with Gasteiger partial charge in [-0.05, 0) is 39.9 Å². The zero-order chi connectivity index (χ0) is 15.4. The van der Waals surface area contributed by atoms with Crippen LogP contribution in [0, 0.1) is 5.92 Å². The SMILES string of the molecule is COC(=S)[C@@H]1[C@@H]([C@@H]2COC(C)(C)O2)OC2OC(C)(C)O[C@@H]21. The average Bonchev–Trinajstić information content (AvgIpc) is 2.97. The van der Waals surface area contributed by atoms with Gasteiger partial charge in [0.15, 0.2) is 22.9 Å². The Morgan fingerprint density at radius 1 is 1.05 bits per heavy atom. The van der Waals surface area contributed by atoms with Gasteiger partial charge in [0.05, 0.1) is 19.6 Å². The molecule has 0 saturated carbocycles. The van der Waals surface area contributed by atoms with E-state index in [9.17, 15) is 0 Å². The first-order valence-corrected chi connectivity index (χ1v) is 7.54. The number of hydrogen-bond acceptors (Lipinski definition) is 7. The van der Waals surface area contributed by atoms with Crippen LogP contribution in [0.15, 0.2) is 0 Å². The predicted molar refractivity (Wildman–Crippen MR) is 76.7 cm³/mol. The fourth-order valence-electron chi connectivity index (χ4n) is 3.13. The molecule has 6 nitrogen and oxygen atoms in total. The lowest BCUT2D eigenvalue weighted by molar-refractivity contribution is -0.224. The van der Waals surface area contributed by atoms with Gasteiger partial charge in [0.1, 0.15) is 18.3 Å². The first-order chi connectivity index (χ1) is 9.72. The maximum Gasteiger partial charge on any atom is 0.188 e. The molecule has 5 atom stereocenters. The Bertz CT molecular complexity index is 437. The summed E-state index contributed by atoms with van der Waals surface area (Å²) in [4.78, 5) is 0. The molecule has 21 heavy (non-hydrogen) atoms. The monoisotopic (exact) mass is 318 g/mol. The largest absolute Gasteiger partial charge is 0.490 e. The third kappa shape index (κ3) is 2.83. The molecule has 0 amide bonds. The fraction of sp³-hybridized carbons (Fsp3) is 0.929. The van der Waals surface area contributed by atoms with Crippen molar-refractivity contribution in [1.82, 2.24) is 0 Å². The Hall–Kier alpha value is -0.310. The molecule has 0 bridgehead atoms. The molecule has 3 rings (SSSR count). The number of hydrogen-bond donors (Lipinski definition) is 0. The van der Waals surface area contributed by atoms with E-state index in [4.69, 9.17) is 40.6 Å². The summed E-state index contributed by atoms with van der Waals surface area (Å²) in [5.74, 6) is -1.53. The van der Waals surface area contributed by atoms with Gasteiger partial charge >= 0.3 is 0 Å². The summed E-state index contributed by atoms with van der Waals surface area (Å²) in [7, 11) is 1.56. The molecule has 0 N–H and O–H groups in total. The number of ether oxygens (including phenoxy) is 6. The Morgan fingerprint density at radius 3 is 2.33 bits per heavy atom. The second-order valence-corrected chi connectivity index (χ2v) is 6.89. The van der Waals surface area contributed by atoms with Crippen LogP contribution in [0.2, 0.25) is 0 Å². The van der Waals surface area contributed by atoms with Crippen LogP contribution in [-0.4, -0.2) is 54.9 Å². The van der Waals surface area contributed by atoms with E-state index in [1.165, 1.54) is 0 Å². The molecule has 0 aliphatic carbocycles. The predicted octanol–water partition coefficient (Wildman–Crippen LogP) is 1.60. The van der Waals surface area contributed by atoms with Crippen molar-refractivity contribution in [2.75, 3.05) is 13.7 Å². The van der Waals surface area contributed by atoms with Gasteiger partial charge in [-0.15, -0.1) is 0 Å². The third-order valence-corrected chi connectivity index (χ3v) is 4.40. The van der Waals surface area contributed by atoms with Gasteiger partial charge in [0.2, 0.25) is 0 Å². The van der Waals surface area contributed by atoms with Gasteiger partial charge in [-0.3, -0.25) is 0 Å². The van der Waals surface area contributed by atoms with E-state index in [0.717, 1.165) is 0 Å².